The number of aromatic nitrogens is 2. The van der Waals surface area contributed by atoms with E-state index < -0.39 is 10.0 Å². The van der Waals surface area contributed by atoms with Crippen molar-refractivity contribution < 1.29 is 13.5 Å². The third-order valence-corrected chi connectivity index (χ3v) is 4.86. The van der Waals surface area contributed by atoms with E-state index in [9.17, 15) is 13.5 Å². The Morgan fingerprint density at radius 2 is 2.00 bits per heavy atom. The summed E-state index contributed by atoms with van der Waals surface area (Å²) in [5.41, 5.74) is 0. The van der Waals surface area contributed by atoms with Gasteiger partial charge < -0.3 is 10.1 Å². The highest BCUT2D eigenvalue weighted by atomic mass is 32.2. The summed E-state index contributed by atoms with van der Waals surface area (Å²) in [5, 5.41) is 9.53. The molecule has 1 aliphatic carbocycles. The van der Waals surface area contributed by atoms with Crippen LogP contribution in [-0.2, 0) is 10.0 Å². The van der Waals surface area contributed by atoms with Crippen LogP contribution >= 0.6 is 0 Å². The van der Waals surface area contributed by atoms with Crippen LogP contribution in [0, 0.1) is 0 Å². The maximum absolute atomic E-state index is 12.2. The zero-order valence-electron chi connectivity index (χ0n) is 11.3. The Morgan fingerprint density at radius 3 is 2.53 bits per heavy atom. The molecule has 1 aliphatic rings. The van der Waals surface area contributed by atoms with Crippen LogP contribution in [-0.4, -0.2) is 35.6 Å². The summed E-state index contributed by atoms with van der Waals surface area (Å²) >= 11 is 0. The topological polar surface area (TPSA) is 95.1 Å². The Morgan fingerprint density at radius 1 is 1.37 bits per heavy atom. The Kier molecular flexibility index (Phi) is 4.27. The predicted octanol–water partition coefficient (Wildman–Crippen LogP) is 1.11. The summed E-state index contributed by atoms with van der Waals surface area (Å²) in [4.78, 5) is 6.91. The van der Waals surface area contributed by atoms with Crippen LogP contribution in [0.25, 0.3) is 0 Å². The Balaban J connectivity index is 2.05. The molecule has 1 fully saturated rings. The van der Waals surface area contributed by atoms with Crippen LogP contribution < -0.4 is 4.72 Å². The molecule has 2 rings (SSSR count). The van der Waals surface area contributed by atoms with Gasteiger partial charge in [-0.2, -0.15) is 0 Å². The average Bonchev–Trinajstić information content (AvgIpc) is 2.82. The van der Waals surface area contributed by atoms with Crippen LogP contribution in [0.5, 0.6) is 0 Å². The van der Waals surface area contributed by atoms with Crippen LogP contribution in [0.1, 0.15) is 51.3 Å². The first-order valence-electron chi connectivity index (χ1n) is 6.64. The summed E-state index contributed by atoms with van der Waals surface area (Å²) in [5.74, 6) is 0.827. The lowest BCUT2D eigenvalue weighted by Crippen LogP contribution is -2.38. The molecule has 6 nitrogen and oxygen atoms in total. The van der Waals surface area contributed by atoms with Gasteiger partial charge in [-0.3, -0.25) is 0 Å². The molecule has 0 unspecified atom stereocenters. The SMILES string of the molecule is CC(C)c1ncc(S(=O)(=O)NC2CCC(O)CC2)[nH]1. The number of rotatable bonds is 4. The van der Waals surface area contributed by atoms with E-state index in [-0.39, 0.29) is 23.1 Å². The minimum atomic E-state index is -3.54. The zero-order valence-corrected chi connectivity index (χ0v) is 12.1. The minimum absolute atomic E-state index is 0.0980. The van der Waals surface area contributed by atoms with Crippen molar-refractivity contribution in [2.24, 2.45) is 0 Å². The number of aromatic amines is 1. The summed E-state index contributed by atoms with van der Waals surface area (Å²) in [6, 6.07) is -0.0980. The molecule has 0 saturated heterocycles. The lowest BCUT2D eigenvalue weighted by atomic mass is 9.94. The van der Waals surface area contributed by atoms with Gasteiger partial charge in [-0.25, -0.2) is 18.1 Å². The third kappa shape index (κ3) is 3.55. The third-order valence-electron chi connectivity index (χ3n) is 3.43. The molecule has 108 valence electrons. The van der Waals surface area contributed by atoms with E-state index >= 15 is 0 Å². The Labute approximate surface area is 113 Å². The molecule has 0 aliphatic heterocycles. The standard InChI is InChI=1S/C12H21N3O3S/c1-8(2)12-13-7-11(14-12)19(17,18)15-9-3-5-10(16)6-4-9/h7-10,15-16H,3-6H2,1-2H3,(H,13,14). The van der Waals surface area contributed by atoms with Gasteiger partial charge in [0.25, 0.3) is 10.0 Å². The van der Waals surface area contributed by atoms with Gasteiger partial charge in [0.1, 0.15) is 5.82 Å². The molecule has 0 aromatic carbocycles. The van der Waals surface area contributed by atoms with Crippen LogP contribution in [0.15, 0.2) is 11.2 Å². The number of sulfonamides is 1. The first kappa shape index (κ1) is 14.5. The fraction of sp³-hybridized carbons (Fsp3) is 0.750. The number of imidazole rings is 1. The quantitative estimate of drug-likeness (QED) is 0.773. The lowest BCUT2D eigenvalue weighted by Gasteiger charge is -2.25. The van der Waals surface area contributed by atoms with E-state index in [2.05, 4.69) is 14.7 Å². The van der Waals surface area contributed by atoms with E-state index in [0.29, 0.717) is 31.5 Å². The maximum atomic E-state index is 12.2. The van der Waals surface area contributed by atoms with Gasteiger partial charge in [0.15, 0.2) is 5.03 Å². The molecule has 1 aromatic heterocycles. The van der Waals surface area contributed by atoms with Crippen LogP contribution in [0.3, 0.4) is 0 Å². The van der Waals surface area contributed by atoms with E-state index in [1.807, 2.05) is 13.8 Å². The van der Waals surface area contributed by atoms with E-state index in [1.165, 1.54) is 6.20 Å². The van der Waals surface area contributed by atoms with Gasteiger partial charge in [-0.15, -0.1) is 0 Å². The van der Waals surface area contributed by atoms with Gasteiger partial charge in [-0.1, -0.05) is 13.8 Å². The Bertz CT molecular complexity index is 516. The second-order valence-corrected chi connectivity index (χ2v) is 7.10. The number of hydrogen-bond donors (Lipinski definition) is 3. The molecule has 7 heteroatoms. The summed E-state index contributed by atoms with van der Waals surface area (Å²) in [7, 11) is -3.54. The van der Waals surface area contributed by atoms with Gasteiger partial charge in [0.2, 0.25) is 0 Å². The lowest BCUT2D eigenvalue weighted by molar-refractivity contribution is 0.120. The van der Waals surface area contributed by atoms with Crippen molar-refractivity contribution in [2.75, 3.05) is 0 Å². The van der Waals surface area contributed by atoms with Crippen LogP contribution in [0.2, 0.25) is 0 Å². The second-order valence-electron chi connectivity index (χ2n) is 5.41. The van der Waals surface area contributed by atoms with Crippen molar-refractivity contribution in [3.8, 4) is 0 Å². The highest BCUT2D eigenvalue weighted by molar-refractivity contribution is 7.89. The van der Waals surface area contributed by atoms with Gasteiger partial charge in [0, 0.05) is 12.0 Å². The number of hydrogen-bond acceptors (Lipinski definition) is 4. The number of aliphatic hydroxyl groups is 1. The highest BCUT2D eigenvalue weighted by Crippen LogP contribution is 2.20. The molecule has 1 aromatic rings. The first-order chi connectivity index (χ1) is 8.88. The molecule has 0 spiro atoms. The van der Waals surface area contributed by atoms with E-state index in [1.54, 1.807) is 0 Å². The Hall–Kier alpha value is -0.920. The van der Waals surface area contributed by atoms with Gasteiger partial charge in [0.05, 0.1) is 12.3 Å². The molecule has 1 saturated carbocycles. The normalized spacial score (nSPS) is 24.8. The smallest absolute Gasteiger partial charge is 0.257 e. The maximum Gasteiger partial charge on any atom is 0.257 e. The molecule has 0 radical (unpaired) electrons. The minimum Gasteiger partial charge on any atom is -0.393 e. The molecular formula is C12H21N3O3S. The number of nitrogens with zero attached hydrogens (tertiary/aromatic N) is 1. The predicted molar refractivity (Wildman–Crippen MR) is 71.3 cm³/mol. The van der Waals surface area contributed by atoms with Crippen molar-refractivity contribution in [3.05, 3.63) is 12.0 Å². The molecule has 0 amide bonds. The average molecular weight is 287 g/mol. The summed E-state index contributed by atoms with van der Waals surface area (Å²) in [6.07, 6.45) is 3.70. The van der Waals surface area contributed by atoms with Crippen LogP contribution in [0.4, 0.5) is 0 Å². The fourth-order valence-electron chi connectivity index (χ4n) is 2.23. The second kappa shape index (κ2) is 5.60. The molecular weight excluding hydrogens is 266 g/mol. The zero-order chi connectivity index (χ0) is 14.0. The number of aliphatic hydroxyl groups excluding tert-OH is 1. The van der Waals surface area contributed by atoms with E-state index in [4.69, 9.17) is 0 Å². The van der Waals surface area contributed by atoms with Gasteiger partial charge in [-0.05, 0) is 25.7 Å². The highest BCUT2D eigenvalue weighted by Gasteiger charge is 2.26. The van der Waals surface area contributed by atoms with Crippen molar-refractivity contribution in [1.29, 1.82) is 0 Å². The fourth-order valence-corrected chi connectivity index (χ4v) is 3.46. The number of H-pyrrole nitrogens is 1. The van der Waals surface area contributed by atoms with Crippen molar-refractivity contribution in [3.63, 3.8) is 0 Å². The van der Waals surface area contributed by atoms with Crippen molar-refractivity contribution >= 4 is 10.0 Å². The molecule has 1 heterocycles. The molecule has 0 bridgehead atoms. The summed E-state index contributed by atoms with van der Waals surface area (Å²) < 4.78 is 27.0. The molecule has 0 atom stereocenters. The van der Waals surface area contributed by atoms with Crippen molar-refractivity contribution in [1.82, 2.24) is 14.7 Å². The number of nitrogens with one attached hydrogen (secondary N) is 2. The first-order valence-corrected chi connectivity index (χ1v) is 8.12. The largest absolute Gasteiger partial charge is 0.393 e. The summed E-state index contributed by atoms with van der Waals surface area (Å²) in [6.45, 7) is 3.90. The molecule has 19 heavy (non-hydrogen) atoms. The van der Waals surface area contributed by atoms with Crippen molar-refractivity contribution in [2.45, 2.75) is 62.6 Å². The molecule has 3 N–H and O–H groups in total. The monoisotopic (exact) mass is 287 g/mol. The van der Waals surface area contributed by atoms with E-state index in [0.717, 1.165) is 0 Å². The van der Waals surface area contributed by atoms with Gasteiger partial charge >= 0.3 is 0 Å².